The third-order valence-electron chi connectivity index (χ3n) is 6.23. The molecule has 4 saturated carbocycles. The minimum atomic E-state index is -1.03. The molecule has 6 heteroatoms. The first-order valence-corrected chi connectivity index (χ1v) is 9.31. The Hall–Kier alpha value is -1.98. The lowest BCUT2D eigenvalue weighted by Gasteiger charge is -2.57. The van der Waals surface area contributed by atoms with Crippen molar-refractivity contribution in [2.45, 2.75) is 57.1 Å². The van der Waals surface area contributed by atoms with Crippen LogP contribution in [0.5, 0.6) is 0 Å². The fraction of sp³-hybridized carbons (Fsp3) is 0.600. The third kappa shape index (κ3) is 3.21. The summed E-state index contributed by atoms with van der Waals surface area (Å²) >= 11 is 0. The second-order valence-corrected chi connectivity index (χ2v) is 8.36. The first-order valence-electron chi connectivity index (χ1n) is 9.31. The predicted octanol–water partition coefficient (Wildman–Crippen LogP) is 3.60. The molecule has 0 spiro atoms. The summed E-state index contributed by atoms with van der Waals surface area (Å²) in [5.74, 6) is -1.01. The van der Waals surface area contributed by atoms with E-state index in [0.717, 1.165) is 31.4 Å². The Kier molecular flexibility index (Phi) is 4.24. The molecule has 4 fully saturated rings. The van der Waals surface area contributed by atoms with Crippen molar-refractivity contribution in [2.24, 2.45) is 17.8 Å². The number of hydrogen-bond donors (Lipinski definition) is 1. The summed E-state index contributed by atoms with van der Waals surface area (Å²) in [7, 11) is 0. The first-order chi connectivity index (χ1) is 12.3. The van der Waals surface area contributed by atoms with Crippen molar-refractivity contribution in [1.29, 1.82) is 0 Å². The average Bonchev–Trinajstić information content (AvgIpc) is 2.52. The Morgan fingerprint density at radius 1 is 1.12 bits per heavy atom. The second-order valence-electron chi connectivity index (χ2n) is 8.36. The molecule has 1 atom stereocenters. The van der Waals surface area contributed by atoms with E-state index in [9.17, 15) is 18.4 Å². The van der Waals surface area contributed by atoms with Crippen molar-refractivity contribution in [3.63, 3.8) is 0 Å². The van der Waals surface area contributed by atoms with Crippen LogP contribution < -0.4 is 5.32 Å². The second kappa shape index (κ2) is 6.32. The van der Waals surface area contributed by atoms with Gasteiger partial charge in [-0.3, -0.25) is 4.79 Å². The first kappa shape index (κ1) is 17.4. The molecule has 0 aromatic heterocycles. The van der Waals surface area contributed by atoms with Gasteiger partial charge in [-0.2, -0.15) is 0 Å². The highest BCUT2D eigenvalue weighted by Crippen LogP contribution is 2.55. The van der Waals surface area contributed by atoms with Crippen molar-refractivity contribution in [1.82, 2.24) is 5.32 Å². The number of hydrogen-bond acceptors (Lipinski definition) is 3. The van der Waals surface area contributed by atoms with Gasteiger partial charge in [-0.25, -0.2) is 13.6 Å². The molecule has 1 aromatic rings. The fourth-order valence-corrected chi connectivity index (χ4v) is 5.56. The molecule has 26 heavy (non-hydrogen) atoms. The molecule has 4 bridgehead atoms. The van der Waals surface area contributed by atoms with Crippen molar-refractivity contribution in [2.75, 3.05) is 0 Å². The number of halogens is 2. The van der Waals surface area contributed by atoms with E-state index in [1.54, 1.807) is 0 Å². The molecule has 4 aliphatic carbocycles. The van der Waals surface area contributed by atoms with E-state index in [2.05, 4.69) is 5.32 Å². The molecule has 0 radical (unpaired) electrons. The maximum atomic E-state index is 13.7. The van der Waals surface area contributed by atoms with E-state index in [0.29, 0.717) is 23.8 Å². The molecule has 0 unspecified atom stereocenters. The molecule has 1 N–H and O–H groups in total. The van der Waals surface area contributed by atoms with Gasteiger partial charge in [0.05, 0.1) is 5.56 Å². The van der Waals surface area contributed by atoms with Crippen LogP contribution in [-0.2, 0) is 9.53 Å². The standard InChI is InChI=1S/C20H23F2NO3/c1-11(26-19(25)16-3-2-15(21)7-17(16)22)18(24)23-20-8-12-4-13(9-20)6-14(5-12)10-20/h2-3,7,11-14H,4-6,8-10H2,1H3,(H,23,24)/t11-,12?,13?,14?,20?/m0/s1. The van der Waals surface area contributed by atoms with Crippen LogP contribution >= 0.6 is 0 Å². The zero-order valence-corrected chi connectivity index (χ0v) is 14.8. The van der Waals surface area contributed by atoms with E-state index >= 15 is 0 Å². The van der Waals surface area contributed by atoms with Gasteiger partial charge in [0.15, 0.2) is 6.10 Å². The molecule has 4 aliphatic rings. The maximum Gasteiger partial charge on any atom is 0.341 e. The number of benzene rings is 1. The number of rotatable bonds is 4. The molecule has 1 aromatic carbocycles. The molecule has 0 saturated heterocycles. The van der Waals surface area contributed by atoms with Crippen LogP contribution in [0.25, 0.3) is 0 Å². The molecule has 0 aliphatic heterocycles. The van der Waals surface area contributed by atoms with Crippen LogP contribution in [-0.4, -0.2) is 23.5 Å². The van der Waals surface area contributed by atoms with E-state index in [1.165, 1.54) is 26.2 Å². The molecule has 4 nitrogen and oxygen atoms in total. The Morgan fingerprint density at radius 2 is 1.69 bits per heavy atom. The van der Waals surface area contributed by atoms with Gasteiger partial charge < -0.3 is 10.1 Å². The van der Waals surface area contributed by atoms with Gasteiger partial charge in [-0.15, -0.1) is 0 Å². The van der Waals surface area contributed by atoms with Crippen molar-refractivity contribution in [3.05, 3.63) is 35.4 Å². The summed E-state index contributed by atoms with van der Waals surface area (Å²) in [5.41, 5.74) is -0.547. The third-order valence-corrected chi connectivity index (χ3v) is 6.23. The number of carbonyl (C=O) groups excluding carboxylic acids is 2. The SMILES string of the molecule is C[C@H](OC(=O)c1ccc(F)cc1F)C(=O)NC12CC3CC(CC(C3)C1)C2. The molecular formula is C20H23F2NO3. The lowest BCUT2D eigenvalue weighted by atomic mass is 9.53. The van der Waals surface area contributed by atoms with Gasteiger partial charge in [0.1, 0.15) is 11.6 Å². The molecule has 1 amide bonds. The van der Waals surface area contributed by atoms with Crippen LogP contribution in [0.4, 0.5) is 8.78 Å². The van der Waals surface area contributed by atoms with Gasteiger partial charge in [-0.1, -0.05) is 0 Å². The van der Waals surface area contributed by atoms with E-state index < -0.39 is 23.7 Å². The average molecular weight is 363 g/mol. The van der Waals surface area contributed by atoms with Gasteiger partial charge in [0.2, 0.25) is 0 Å². The number of ether oxygens (including phenoxy) is 1. The van der Waals surface area contributed by atoms with Crippen LogP contribution in [0.15, 0.2) is 18.2 Å². The monoisotopic (exact) mass is 363 g/mol. The molecule has 140 valence electrons. The van der Waals surface area contributed by atoms with Crippen molar-refractivity contribution >= 4 is 11.9 Å². The summed E-state index contributed by atoms with van der Waals surface area (Å²) in [6.45, 7) is 1.48. The summed E-state index contributed by atoms with van der Waals surface area (Å²) < 4.78 is 31.8. The van der Waals surface area contributed by atoms with E-state index in [-0.39, 0.29) is 17.0 Å². The lowest BCUT2D eigenvalue weighted by molar-refractivity contribution is -0.134. The smallest absolute Gasteiger partial charge is 0.341 e. The quantitative estimate of drug-likeness (QED) is 0.832. The van der Waals surface area contributed by atoms with Gasteiger partial charge in [0, 0.05) is 11.6 Å². The summed E-state index contributed by atoms with van der Waals surface area (Å²) in [4.78, 5) is 24.7. The Bertz CT molecular complexity index is 713. The minimum Gasteiger partial charge on any atom is -0.449 e. The van der Waals surface area contributed by atoms with Crippen LogP contribution in [0.1, 0.15) is 55.8 Å². The Morgan fingerprint density at radius 3 is 2.23 bits per heavy atom. The highest BCUT2D eigenvalue weighted by Gasteiger charge is 2.51. The zero-order chi connectivity index (χ0) is 18.5. The Labute approximate surface area is 151 Å². The Balaban J connectivity index is 1.40. The summed E-state index contributed by atoms with van der Waals surface area (Å²) in [6.07, 6.45) is 5.77. The van der Waals surface area contributed by atoms with Crippen LogP contribution in [0.2, 0.25) is 0 Å². The largest absolute Gasteiger partial charge is 0.449 e. The van der Waals surface area contributed by atoms with Crippen LogP contribution in [0, 0.1) is 29.4 Å². The van der Waals surface area contributed by atoms with E-state index in [1.807, 2.05) is 0 Å². The zero-order valence-electron chi connectivity index (χ0n) is 14.8. The number of nitrogens with one attached hydrogen (secondary N) is 1. The lowest BCUT2D eigenvalue weighted by Crippen LogP contribution is -2.61. The molecular weight excluding hydrogens is 340 g/mol. The van der Waals surface area contributed by atoms with Gasteiger partial charge >= 0.3 is 5.97 Å². The van der Waals surface area contributed by atoms with Crippen molar-refractivity contribution < 1.29 is 23.1 Å². The van der Waals surface area contributed by atoms with Gasteiger partial charge in [-0.05, 0) is 75.3 Å². The summed E-state index contributed by atoms with van der Waals surface area (Å²) in [6, 6.07) is 2.63. The summed E-state index contributed by atoms with van der Waals surface area (Å²) in [5, 5.41) is 3.13. The minimum absolute atomic E-state index is 0.173. The van der Waals surface area contributed by atoms with Gasteiger partial charge in [0.25, 0.3) is 5.91 Å². The number of carbonyl (C=O) groups is 2. The molecule has 5 rings (SSSR count). The number of esters is 1. The highest BCUT2D eigenvalue weighted by molar-refractivity contribution is 5.92. The van der Waals surface area contributed by atoms with Crippen LogP contribution in [0.3, 0.4) is 0 Å². The molecule has 0 heterocycles. The topological polar surface area (TPSA) is 55.4 Å². The maximum absolute atomic E-state index is 13.7. The van der Waals surface area contributed by atoms with Crippen molar-refractivity contribution in [3.8, 4) is 0 Å². The van der Waals surface area contributed by atoms with E-state index in [4.69, 9.17) is 4.74 Å². The normalized spacial score (nSPS) is 33.0. The fourth-order valence-electron chi connectivity index (χ4n) is 5.56. The highest BCUT2D eigenvalue weighted by atomic mass is 19.1. The number of amides is 1. The predicted molar refractivity (Wildman–Crippen MR) is 90.3 cm³/mol.